The van der Waals surface area contributed by atoms with Crippen LogP contribution in [0, 0.1) is 45.3 Å². The largest absolute Gasteiger partial charge is 0.193 e. The lowest BCUT2D eigenvalue weighted by atomic mass is 9.97. The first kappa shape index (κ1) is 26.2. The second-order valence-electron chi connectivity index (χ2n) is 7.85. The Morgan fingerprint density at radius 1 is 0.686 bits per heavy atom. The van der Waals surface area contributed by atoms with E-state index in [2.05, 4.69) is 38.1 Å². The molecule has 35 heavy (non-hydrogen) atoms. The van der Waals surface area contributed by atoms with Gasteiger partial charge in [-0.3, -0.25) is 0 Å². The minimum Gasteiger partial charge on any atom is -0.193 e. The van der Waals surface area contributed by atoms with E-state index in [9.17, 15) is 10.5 Å². The van der Waals surface area contributed by atoms with Crippen LogP contribution in [0.15, 0.2) is 36.4 Å². The summed E-state index contributed by atoms with van der Waals surface area (Å²) in [6, 6.07) is 16.2. The highest BCUT2D eigenvalue weighted by molar-refractivity contribution is 7.27. The fourth-order valence-electron chi connectivity index (χ4n) is 3.79. The van der Waals surface area contributed by atoms with Crippen molar-refractivity contribution in [3.05, 3.63) is 57.3 Å². The molecule has 3 aromatic rings. The van der Waals surface area contributed by atoms with Crippen molar-refractivity contribution in [2.75, 3.05) is 0 Å². The number of nitrogens with zero attached hydrogens (tertiary/aromatic N) is 4. The number of rotatable bonds is 10. The summed E-state index contributed by atoms with van der Waals surface area (Å²) in [5.74, 6) is 0. The number of hydrogen-bond donors (Lipinski definition) is 0. The molecule has 0 fully saturated rings. The van der Waals surface area contributed by atoms with E-state index in [1.807, 2.05) is 24.3 Å². The normalized spacial score (nSPS) is 11.5. The van der Waals surface area contributed by atoms with Crippen LogP contribution in [0.3, 0.4) is 0 Å². The first-order valence-corrected chi connectivity index (χ1v) is 13.9. The van der Waals surface area contributed by atoms with Gasteiger partial charge in [0.2, 0.25) is 0 Å². The highest BCUT2D eigenvalue weighted by Crippen LogP contribution is 2.48. The molecule has 0 saturated carbocycles. The summed E-state index contributed by atoms with van der Waals surface area (Å²) in [4.78, 5) is 6.28. The number of unbranched alkanes of at least 4 members (excludes halogenated alkanes) is 2. The summed E-state index contributed by atoms with van der Waals surface area (Å²) in [6.07, 6.45) is 8.97. The van der Waals surface area contributed by atoms with Crippen molar-refractivity contribution in [3.63, 3.8) is 0 Å². The quantitative estimate of drug-likeness (QED) is 0.254. The van der Waals surface area contributed by atoms with Gasteiger partial charge in [0.05, 0.1) is 23.3 Å². The highest BCUT2D eigenvalue weighted by Gasteiger charge is 2.22. The zero-order valence-corrected chi connectivity index (χ0v) is 22.2. The molecule has 0 aliphatic carbocycles. The molecule has 0 unspecified atom stereocenters. The maximum atomic E-state index is 9.45. The Kier molecular flexibility index (Phi) is 9.60. The maximum Gasteiger partial charge on any atom is 0.101 e. The van der Waals surface area contributed by atoms with E-state index >= 15 is 0 Å². The molecule has 0 N–H and O–H groups in total. The van der Waals surface area contributed by atoms with Crippen LogP contribution in [0.1, 0.15) is 60.4 Å². The lowest BCUT2D eigenvalue weighted by Crippen LogP contribution is -1.94. The summed E-state index contributed by atoms with van der Waals surface area (Å²) < 4.78 is 0. The Balaban J connectivity index is 2.18. The Morgan fingerprint density at radius 3 is 1.46 bits per heavy atom. The van der Waals surface area contributed by atoms with E-state index in [-0.39, 0.29) is 0 Å². The molecule has 3 rings (SSSR count). The van der Waals surface area contributed by atoms with Gasteiger partial charge in [-0.15, -0.1) is 34.0 Å². The Hall–Kier alpha value is -3.46. The smallest absolute Gasteiger partial charge is 0.101 e. The molecule has 0 atom stereocenters. The molecule has 0 aliphatic rings. The molecule has 0 radical (unpaired) electrons. The first-order valence-electron chi connectivity index (χ1n) is 11.5. The van der Waals surface area contributed by atoms with Gasteiger partial charge in [0.1, 0.15) is 12.1 Å². The number of hydrogen-bond acceptors (Lipinski definition) is 7. The molecule has 3 aromatic heterocycles. The molecule has 3 heterocycles. The predicted octanol–water partition coefficient (Wildman–Crippen LogP) is 8.75. The van der Waals surface area contributed by atoms with Crippen LogP contribution in [-0.4, -0.2) is 0 Å². The van der Waals surface area contributed by atoms with Crippen LogP contribution >= 0.6 is 34.0 Å². The van der Waals surface area contributed by atoms with Crippen molar-refractivity contribution < 1.29 is 0 Å². The lowest BCUT2D eigenvalue weighted by molar-refractivity contribution is 0.764. The summed E-state index contributed by atoms with van der Waals surface area (Å²) >= 11 is 4.87. The third-order valence-electron chi connectivity index (χ3n) is 5.53. The molecule has 0 amide bonds. The van der Waals surface area contributed by atoms with Gasteiger partial charge in [-0.1, -0.05) is 26.7 Å². The molecular weight excluding hydrogens is 489 g/mol. The van der Waals surface area contributed by atoms with Crippen molar-refractivity contribution >= 4 is 45.2 Å². The van der Waals surface area contributed by atoms with E-state index in [4.69, 9.17) is 10.5 Å². The molecular formula is C28H24N4S3. The topological polar surface area (TPSA) is 95.2 Å². The van der Waals surface area contributed by atoms with E-state index < -0.39 is 0 Å². The molecule has 0 bridgehead atoms. The Labute approximate surface area is 218 Å². The van der Waals surface area contributed by atoms with Gasteiger partial charge in [0, 0.05) is 41.4 Å². The van der Waals surface area contributed by atoms with Crippen LogP contribution in [0.4, 0.5) is 0 Å². The summed E-state index contributed by atoms with van der Waals surface area (Å²) in [6.45, 7) is 4.40. The minimum atomic E-state index is 0.387. The fourth-order valence-corrected chi connectivity index (χ4v) is 7.41. The average molecular weight is 513 g/mol. The predicted molar refractivity (Wildman–Crippen MR) is 147 cm³/mol. The number of nitriles is 4. The summed E-state index contributed by atoms with van der Waals surface area (Å²) in [7, 11) is 0. The molecule has 7 heteroatoms. The van der Waals surface area contributed by atoms with Crippen LogP contribution in [0.2, 0.25) is 0 Å². The van der Waals surface area contributed by atoms with E-state index in [1.54, 1.807) is 34.0 Å². The fraction of sp³-hybridized carbons (Fsp3) is 0.286. The highest BCUT2D eigenvalue weighted by atomic mass is 32.1. The van der Waals surface area contributed by atoms with Crippen LogP contribution in [0.5, 0.6) is 0 Å². The third-order valence-corrected chi connectivity index (χ3v) is 9.40. The van der Waals surface area contributed by atoms with Gasteiger partial charge in [0.15, 0.2) is 0 Å². The molecule has 0 spiro atoms. The van der Waals surface area contributed by atoms with Crippen molar-refractivity contribution in [2.24, 2.45) is 0 Å². The molecule has 0 aliphatic heterocycles. The van der Waals surface area contributed by atoms with Crippen molar-refractivity contribution in [1.82, 2.24) is 0 Å². The molecule has 0 aromatic carbocycles. The van der Waals surface area contributed by atoms with Crippen molar-refractivity contribution in [3.8, 4) is 43.8 Å². The van der Waals surface area contributed by atoms with Crippen LogP contribution in [0.25, 0.3) is 30.7 Å². The first-order chi connectivity index (χ1) is 17.1. The third kappa shape index (κ3) is 5.97. The number of thiophene rings is 3. The molecule has 0 saturated heterocycles. The maximum absolute atomic E-state index is 9.45. The van der Waals surface area contributed by atoms with E-state index in [0.29, 0.717) is 11.1 Å². The van der Waals surface area contributed by atoms with Gasteiger partial charge in [-0.05, 0) is 61.1 Å². The minimum absolute atomic E-state index is 0.387. The summed E-state index contributed by atoms with van der Waals surface area (Å²) in [5, 5.41) is 37.0. The average Bonchev–Trinajstić information content (AvgIpc) is 3.61. The SMILES string of the molecule is CCCCc1c(-c2ccc(/C(C#N)=C\C#N)s2)sc(-c2ccc(/C(C#N)=C\C#N)s2)c1CCCC. The van der Waals surface area contributed by atoms with Gasteiger partial charge in [-0.25, -0.2) is 0 Å². The van der Waals surface area contributed by atoms with Crippen molar-refractivity contribution in [1.29, 1.82) is 21.0 Å². The second-order valence-corrected chi connectivity index (χ2v) is 11.0. The molecule has 174 valence electrons. The van der Waals surface area contributed by atoms with Gasteiger partial charge in [-0.2, -0.15) is 21.0 Å². The van der Waals surface area contributed by atoms with Crippen molar-refractivity contribution in [2.45, 2.75) is 52.4 Å². The van der Waals surface area contributed by atoms with E-state index in [0.717, 1.165) is 58.0 Å². The zero-order chi connectivity index (χ0) is 25.2. The van der Waals surface area contributed by atoms with Crippen LogP contribution < -0.4 is 0 Å². The Bertz CT molecular complexity index is 1310. The van der Waals surface area contributed by atoms with Crippen LogP contribution in [-0.2, 0) is 12.8 Å². The lowest BCUT2D eigenvalue weighted by Gasteiger charge is -2.08. The Morgan fingerprint density at radius 2 is 1.11 bits per heavy atom. The van der Waals surface area contributed by atoms with E-state index in [1.165, 1.54) is 33.0 Å². The zero-order valence-electron chi connectivity index (χ0n) is 19.7. The second kappa shape index (κ2) is 12.9. The van der Waals surface area contributed by atoms with Gasteiger partial charge < -0.3 is 0 Å². The van der Waals surface area contributed by atoms with Gasteiger partial charge >= 0.3 is 0 Å². The number of allylic oxidation sites excluding steroid dienone is 4. The monoisotopic (exact) mass is 512 g/mol. The molecule has 4 nitrogen and oxygen atoms in total. The standard InChI is InChI=1S/C28H24N4S3/c1-3-5-7-21-22(8-6-4-2)28(26-12-10-24(34-26)20(18-32)14-16-30)35-27(21)25-11-9-23(33-25)19(17-31)13-15-29/h9-14H,3-8H2,1-2H3/b19-13-,20-14-. The van der Waals surface area contributed by atoms with Gasteiger partial charge in [0.25, 0.3) is 0 Å². The summed E-state index contributed by atoms with van der Waals surface area (Å²) in [5.41, 5.74) is 3.52.